The summed E-state index contributed by atoms with van der Waals surface area (Å²) in [6.07, 6.45) is -0.936. The number of methoxy groups -OCH3 is 2. The first kappa shape index (κ1) is 19.4. The predicted octanol–water partition coefficient (Wildman–Crippen LogP) is 3.78. The van der Waals surface area contributed by atoms with Crippen LogP contribution in [-0.4, -0.2) is 31.8 Å². The van der Waals surface area contributed by atoms with Crippen molar-refractivity contribution in [2.75, 3.05) is 20.8 Å². The van der Waals surface area contributed by atoms with Crippen molar-refractivity contribution in [3.8, 4) is 11.5 Å². The van der Waals surface area contributed by atoms with E-state index < -0.39 is 6.10 Å². The van der Waals surface area contributed by atoms with Gasteiger partial charge < -0.3 is 19.9 Å². The normalized spacial score (nSPS) is 11.8. The summed E-state index contributed by atoms with van der Waals surface area (Å²) in [6.45, 7) is 1.85. The molecule has 0 aromatic heterocycles. The van der Waals surface area contributed by atoms with Crippen molar-refractivity contribution in [3.63, 3.8) is 0 Å². The molecule has 1 atom stereocenters. The summed E-state index contributed by atoms with van der Waals surface area (Å²) in [6, 6.07) is 8.01. The average molecular weight is 384 g/mol. The molecule has 2 N–H and O–H groups in total. The van der Waals surface area contributed by atoms with E-state index in [0.29, 0.717) is 32.7 Å². The Kier molecular flexibility index (Phi) is 6.53. The first-order valence-corrected chi connectivity index (χ1v) is 8.26. The number of hydrogen-bond acceptors (Lipinski definition) is 4. The molecule has 0 saturated carbocycles. The summed E-state index contributed by atoms with van der Waals surface area (Å²) in [4.78, 5) is 12.4. The minimum atomic E-state index is -0.936. The summed E-state index contributed by atoms with van der Waals surface area (Å²) >= 11 is 11.8. The van der Waals surface area contributed by atoms with Crippen molar-refractivity contribution in [3.05, 3.63) is 57.1 Å². The van der Waals surface area contributed by atoms with Crippen LogP contribution in [0.1, 0.15) is 27.6 Å². The molecule has 0 saturated heterocycles. The molecule has 0 bridgehead atoms. The number of amides is 1. The Morgan fingerprint density at radius 3 is 2.08 bits per heavy atom. The van der Waals surface area contributed by atoms with E-state index >= 15 is 0 Å². The average Bonchev–Trinajstić information content (AvgIpc) is 2.58. The molecule has 1 unspecified atom stereocenters. The molecule has 134 valence electrons. The first-order chi connectivity index (χ1) is 11.8. The van der Waals surface area contributed by atoms with Crippen molar-refractivity contribution in [2.24, 2.45) is 0 Å². The van der Waals surface area contributed by atoms with E-state index in [1.165, 1.54) is 14.2 Å². The zero-order valence-electron chi connectivity index (χ0n) is 14.1. The molecule has 0 aliphatic carbocycles. The molecule has 0 aliphatic rings. The van der Waals surface area contributed by atoms with E-state index in [0.717, 1.165) is 5.56 Å². The maximum atomic E-state index is 12.4. The van der Waals surface area contributed by atoms with Crippen LogP contribution in [0.3, 0.4) is 0 Å². The molecule has 7 heteroatoms. The zero-order chi connectivity index (χ0) is 18.6. The van der Waals surface area contributed by atoms with Crippen molar-refractivity contribution in [1.29, 1.82) is 0 Å². The van der Waals surface area contributed by atoms with Gasteiger partial charge in [0.05, 0.1) is 20.3 Å². The lowest BCUT2D eigenvalue weighted by Crippen LogP contribution is -2.28. The highest BCUT2D eigenvalue weighted by molar-refractivity contribution is 6.34. The molecule has 0 fully saturated rings. The second-order valence-corrected chi connectivity index (χ2v) is 6.31. The number of aliphatic hydroxyl groups is 1. The minimum Gasteiger partial charge on any atom is -0.496 e. The summed E-state index contributed by atoms with van der Waals surface area (Å²) in [7, 11) is 3.05. The fraction of sp³-hybridized carbons (Fsp3) is 0.278. The number of rotatable bonds is 6. The van der Waals surface area contributed by atoms with Gasteiger partial charge >= 0.3 is 0 Å². The van der Waals surface area contributed by atoms with Crippen LogP contribution < -0.4 is 14.8 Å². The molecule has 0 heterocycles. The van der Waals surface area contributed by atoms with Gasteiger partial charge in [0.25, 0.3) is 5.91 Å². The first-order valence-electron chi connectivity index (χ1n) is 7.50. The standard InChI is InChI=1S/C18H19Cl2NO4/c1-10-16(24-2)6-12(7-17(10)25-3)18(23)21-9-15(22)11-4-13(19)8-14(20)5-11/h4-8,15,22H,9H2,1-3H3,(H,21,23). The molecule has 1 amide bonds. The molecule has 25 heavy (non-hydrogen) atoms. The van der Waals surface area contributed by atoms with Crippen molar-refractivity contribution in [1.82, 2.24) is 5.32 Å². The van der Waals surface area contributed by atoms with Gasteiger partial charge in [-0.3, -0.25) is 4.79 Å². The number of carbonyl (C=O) groups is 1. The summed E-state index contributed by atoms with van der Waals surface area (Å²) in [5.41, 5.74) is 1.70. The molecule has 2 aromatic rings. The third-order valence-corrected chi connectivity index (χ3v) is 4.18. The maximum absolute atomic E-state index is 12.4. The Hall–Kier alpha value is -1.95. The lowest BCUT2D eigenvalue weighted by atomic mass is 10.1. The molecule has 5 nitrogen and oxygen atoms in total. The van der Waals surface area contributed by atoms with Crippen LogP contribution in [0.2, 0.25) is 10.0 Å². The molecular weight excluding hydrogens is 365 g/mol. The maximum Gasteiger partial charge on any atom is 0.251 e. The van der Waals surface area contributed by atoms with Crippen molar-refractivity contribution >= 4 is 29.1 Å². The van der Waals surface area contributed by atoms with Gasteiger partial charge in [0.15, 0.2) is 0 Å². The highest BCUT2D eigenvalue weighted by Gasteiger charge is 2.16. The molecule has 2 rings (SSSR count). The summed E-state index contributed by atoms with van der Waals surface area (Å²) < 4.78 is 10.5. The van der Waals surface area contributed by atoms with E-state index in [2.05, 4.69) is 5.32 Å². The Labute approximate surface area is 156 Å². The Bertz CT molecular complexity index is 734. The highest BCUT2D eigenvalue weighted by Crippen LogP contribution is 2.29. The quantitative estimate of drug-likeness (QED) is 0.796. The largest absolute Gasteiger partial charge is 0.496 e. The Balaban J connectivity index is 2.12. The molecular formula is C18H19Cl2NO4. The second kappa shape index (κ2) is 8.43. The number of ether oxygens (including phenoxy) is 2. The SMILES string of the molecule is COc1cc(C(=O)NCC(O)c2cc(Cl)cc(Cl)c2)cc(OC)c1C. The van der Waals surface area contributed by atoms with Crippen LogP contribution in [-0.2, 0) is 0 Å². The molecule has 2 aromatic carbocycles. The Morgan fingerprint density at radius 2 is 1.60 bits per heavy atom. The summed E-state index contributed by atoms with van der Waals surface area (Å²) in [5, 5.41) is 13.7. The number of carbonyl (C=O) groups excluding carboxylic acids is 1. The topological polar surface area (TPSA) is 67.8 Å². The lowest BCUT2D eigenvalue weighted by molar-refractivity contribution is 0.0915. The number of hydrogen-bond donors (Lipinski definition) is 2. The fourth-order valence-corrected chi connectivity index (χ4v) is 2.94. The van der Waals surface area contributed by atoms with Gasteiger partial charge in [-0.15, -0.1) is 0 Å². The molecule has 0 spiro atoms. The van der Waals surface area contributed by atoms with Crippen LogP contribution in [0.15, 0.2) is 30.3 Å². The monoisotopic (exact) mass is 383 g/mol. The van der Waals surface area contributed by atoms with Gasteiger partial charge in [0.2, 0.25) is 0 Å². The number of aliphatic hydroxyl groups excluding tert-OH is 1. The Morgan fingerprint density at radius 1 is 1.08 bits per heavy atom. The van der Waals surface area contributed by atoms with Gasteiger partial charge in [0.1, 0.15) is 11.5 Å². The third kappa shape index (κ3) is 4.78. The number of nitrogens with one attached hydrogen (secondary N) is 1. The smallest absolute Gasteiger partial charge is 0.251 e. The van der Waals surface area contributed by atoms with Gasteiger partial charge in [-0.25, -0.2) is 0 Å². The van der Waals surface area contributed by atoms with Crippen LogP contribution in [0, 0.1) is 6.92 Å². The van der Waals surface area contributed by atoms with E-state index in [1.807, 2.05) is 6.92 Å². The van der Waals surface area contributed by atoms with Gasteiger partial charge in [-0.05, 0) is 42.8 Å². The second-order valence-electron chi connectivity index (χ2n) is 5.43. The summed E-state index contributed by atoms with van der Waals surface area (Å²) in [5.74, 6) is 0.738. The van der Waals surface area contributed by atoms with E-state index in [9.17, 15) is 9.90 Å². The van der Waals surface area contributed by atoms with Crippen molar-refractivity contribution < 1.29 is 19.4 Å². The number of halogens is 2. The van der Waals surface area contributed by atoms with E-state index in [1.54, 1.807) is 30.3 Å². The van der Waals surface area contributed by atoms with Gasteiger partial charge in [0, 0.05) is 27.7 Å². The van der Waals surface area contributed by atoms with Gasteiger partial charge in [-0.2, -0.15) is 0 Å². The van der Waals surface area contributed by atoms with Crippen LogP contribution >= 0.6 is 23.2 Å². The van der Waals surface area contributed by atoms with Crippen LogP contribution in [0.5, 0.6) is 11.5 Å². The van der Waals surface area contributed by atoms with E-state index in [4.69, 9.17) is 32.7 Å². The molecule has 0 radical (unpaired) electrons. The zero-order valence-corrected chi connectivity index (χ0v) is 15.6. The third-order valence-electron chi connectivity index (χ3n) is 3.74. The van der Waals surface area contributed by atoms with Crippen LogP contribution in [0.25, 0.3) is 0 Å². The van der Waals surface area contributed by atoms with Crippen LogP contribution in [0.4, 0.5) is 0 Å². The lowest BCUT2D eigenvalue weighted by Gasteiger charge is -2.15. The number of benzene rings is 2. The van der Waals surface area contributed by atoms with Gasteiger partial charge in [-0.1, -0.05) is 23.2 Å². The molecule has 0 aliphatic heterocycles. The van der Waals surface area contributed by atoms with Crippen molar-refractivity contribution in [2.45, 2.75) is 13.0 Å². The predicted molar refractivity (Wildman–Crippen MR) is 98.0 cm³/mol. The highest BCUT2D eigenvalue weighted by atomic mass is 35.5. The minimum absolute atomic E-state index is 0.00795. The van der Waals surface area contributed by atoms with E-state index in [-0.39, 0.29) is 12.5 Å². The fourth-order valence-electron chi connectivity index (χ4n) is 2.39.